The maximum Gasteiger partial charge on any atom is 0.417 e. The summed E-state index contributed by atoms with van der Waals surface area (Å²) in [7, 11) is 0. The number of nitrogens with zero attached hydrogens (tertiary/aromatic N) is 2. The molecule has 0 unspecified atom stereocenters. The van der Waals surface area contributed by atoms with Gasteiger partial charge in [-0.15, -0.1) is 0 Å². The van der Waals surface area contributed by atoms with Crippen LogP contribution in [-0.4, -0.2) is 14.4 Å². The largest absolute Gasteiger partial charge is 0.417 e. The third-order valence-electron chi connectivity index (χ3n) is 3.78. The molecule has 0 aliphatic carbocycles. The zero-order valence-electron chi connectivity index (χ0n) is 11.7. The molecule has 0 amide bonds. The second-order valence-electron chi connectivity index (χ2n) is 5.19. The first-order valence-corrected chi connectivity index (χ1v) is 6.70. The predicted octanol–water partition coefficient (Wildman–Crippen LogP) is 3.05. The van der Waals surface area contributed by atoms with E-state index in [2.05, 4.69) is 27.4 Å². The molecule has 0 atom stereocenters. The van der Waals surface area contributed by atoms with Crippen molar-refractivity contribution in [2.45, 2.75) is 13.8 Å². The Kier molecular flexibility index (Phi) is 2.33. The highest BCUT2D eigenvalue weighted by atomic mass is 16.4. The minimum atomic E-state index is -0.436. The van der Waals surface area contributed by atoms with Crippen LogP contribution in [0.4, 0.5) is 0 Å². The highest BCUT2D eigenvalue weighted by Crippen LogP contribution is 2.29. The number of benzene rings is 1. The van der Waals surface area contributed by atoms with Gasteiger partial charge in [0.2, 0.25) is 0 Å². The number of pyridine rings is 1. The van der Waals surface area contributed by atoms with E-state index in [0.29, 0.717) is 11.1 Å². The van der Waals surface area contributed by atoms with Crippen LogP contribution in [0.3, 0.4) is 0 Å². The van der Waals surface area contributed by atoms with Crippen LogP contribution < -0.4 is 5.76 Å². The Bertz CT molecular complexity index is 1040. The first-order valence-electron chi connectivity index (χ1n) is 6.70. The van der Waals surface area contributed by atoms with Crippen molar-refractivity contribution in [2.75, 3.05) is 0 Å². The number of hydrogen-bond donors (Lipinski definition) is 1. The molecular formula is C16H13N3O2. The van der Waals surface area contributed by atoms with Gasteiger partial charge in [0.05, 0.1) is 5.52 Å². The van der Waals surface area contributed by atoms with Gasteiger partial charge in [0.1, 0.15) is 5.65 Å². The average molecular weight is 279 g/mol. The molecule has 3 heterocycles. The van der Waals surface area contributed by atoms with Crippen LogP contribution in [-0.2, 0) is 0 Å². The van der Waals surface area contributed by atoms with Gasteiger partial charge in [-0.1, -0.05) is 6.07 Å². The lowest BCUT2D eigenvalue weighted by molar-refractivity contribution is 0.555. The van der Waals surface area contributed by atoms with E-state index < -0.39 is 5.76 Å². The molecule has 5 heteroatoms. The molecule has 0 saturated heterocycles. The van der Waals surface area contributed by atoms with E-state index in [4.69, 9.17) is 4.42 Å². The average Bonchev–Trinajstić information content (AvgIpc) is 3.00. The molecule has 3 aromatic heterocycles. The molecule has 0 bridgehead atoms. The maximum absolute atomic E-state index is 11.3. The smallest absolute Gasteiger partial charge is 0.408 e. The fraction of sp³-hybridized carbons (Fsp3) is 0.125. The van der Waals surface area contributed by atoms with Crippen LogP contribution >= 0.6 is 0 Å². The van der Waals surface area contributed by atoms with Gasteiger partial charge in [-0.2, -0.15) is 0 Å². The second kappa shape index (κ2) is 4.09. The molecule has 0 aliphatic heterocycles. The first-order chi connectivity index (χ1) is 10.1. The molecule has 0 aliphatic rings. The van der Waals surface area contributed by atoms with E-state index in [9.17, 15) is 4.79 Å². The number of aromatic amines is 1. The Morgan fingerprint density at radius 1 is 1.24 bits per heavy atom. The lowest BCUT2D eigenvalue weighted by Gasteiger charge is -2.08. The van der Waals surface area contributed by atoms with Crippen LogP contribution in [0.1, 0.15) is 11.3 Å². The van der Waals surface area contributed by atoms with Crippen LogP contribution in [0.2, 0.25) is 0 Å². The topological polar surface area (TPSA) is 63.3 Å². The molecule has 1 N–H and O–H groups in total. The number of oxazole rings is 1. The summed E-state index contributed by atoms with van der Waals surface area (Å²) in [6.07, 6.45) is 3.88. The second-order valence-corrected chi connectivity index (χ2v) is 5.19. The number of imidazole rings is 1. The van der Waals surface area contributed by atoms with Crippen molar-refractivity contribution >= 4 is 16.7 Å². The van der Waals surface area contributed by atoms with Gasteiger partial charge < -0.3 is 8.82 Å². The molecule has 0 radical (unpaired) electrons. The third kappa shape index (κ3) is 1.71. The van der Waals surface area contributed by atoms with Crippen molar-refractivity contribution < 1.29 is 4.42 Å². The van der Waals surface area contributed by atoms with E-state index >= 15 is 0 Å². The third-order valence-corrected chi connectivity index (χ3v) is 3.78. The molecule has 1 aromatic carbocycles. The minimum Gasteiger partial charge on any atom is -0.408 e. The van der Waals surface area contributed by atoms with Crippen LogP contribution in [0.5, 0.6) is 0 Å². The molecule has 5 nitrogen and oxygen atoms in total. The standard InChI is InChI=1S/C16H13N3O2/c1-9-5-6-19-10(2)8-17-15(19)14(9)11-3-4-13-12(7-11)18-16(20)21-13/h3-8H,1-2H3,(H,18,20). The van der Waals surface area contributed by atoms with Gasteiger partial charge in [-0.05, 0) is 43.2 Å². The van der Waals surface area contributed by atoms with Crippen LogP contribution in [0, 0.1) is 13.8 Å². The number of aromatic nitrogens is 3. The van der Waals surface area contributed by atoms with Crippen molar-refractivity contribution in [3.8, 4) is 11.1 Å². The van der Waals surface area contributed by atoms with Crippen LogP contribution in [0.15, 0.2) is 45.9 Å². The quantitative estimate of drug-likeness (QED) is 0.582. The Morgan fingerprint density at radius 2 is 2.10 bits per heavy atom. The van der Waals surface area contributed by atoms with Crippen molar-refractivity contribution in [1.82, 2.24) is 14.4 Å². The summed E-state index contributed by atoms with van der Waals surface area (Å²) in [6.45, 7) is 4.08. The van der Waals surface area contributed by atoms with E-state index in [0.717, 1.165) is 28.0 Å². The van der Waals surface area contributed by atoms with Gasteiger partial charge >= 0.3 is 5.76 Å². The normalized spacial score (nSPS) is 11.5. The summed E-state index contributed by atoms with van der Waals surface area (Å²) >= 11 is 0. The van der Waals surface area contributed by atoms with Gasteiger partial charge in [-0.25, -0.2) is 9.78 Å². The summed E-state index contributed by atoms with van der Waals surface area (Å²) in [6, 6.07) is 7.75. The number of aryl methyl sites for hydroxylation is 2. The SMILES string of the molecule is Cc1ccn2c(C)cnc2c1-c1ccc2oc(=O)[nH]c2c1. The Balaban J connectivity index is 2.07. The highest BCUT2D eigenvalue weighted by Gasteiger charge is 2.12. The number of H-pyrrole nitrogens is 1. The van der Waals surface area contributed by atoms with Gasteiger partial charge in [-0.3, -0.25) is 4.98 Å². The van der Waals surface area contributed by atoms with Crippen molar-refractivity contribution in [3.63, 3.8) is 0 Å². The molecule has 0 fully saturated rings. The lowest BCUT2D eigenvalue weighted by Crippen LogP contribution is -1.94. The highest BCUT2D eigenvalue weighted by molar-refractivity contribution is 5.86. The van der Waals surface area contributed by atoms with E-state index in [-0.39, 0.29) is 0 Å². The monoisotopic (exact) mass is 279 g/mol. The van der Waals surface area contributed by atoms with Crippen molar-refractivity contribution in [2.24, 2.45) is 0 Å². The fourth-order valence-electron chi connectivity index (χ4n) is 2.73. The van der Waals surface area contributed by atoms with Crippen LogP contribution in [0.25, 0.3) is 27.9 Å². The van der Waals surface area contributed by atoms with E-state index in [1.807, 2.05) is 31.5 Å². The molecule has 4 rings (SSSR count). The first kappa shape index (κ1) is 12.0. The van der Waals surface area contributed by atoms with E-state index in [1.165, 1.54) is 0 Å². The van der Waals surface area contributed by atoms with Crippen molar-refractivity contribution in [3.05, 3.63) is 58.5 Å². The number of nitrogens with one attached hydrogen (secondary N) is 1. The Morgan fingerprint density at radius 3 is 2.95 bits per heavy atom. The molecule has 0 saturated carbocycles. The number of hydrogen-bond acceptors (Lipinski definition) is 3. The number of fused-ring (bicyclic) bond motifs is 2. The molecule has 4 aromatic rings. The number of rotatable bonds is 1. The Labute approximate surface area is 119 Å². The summed E-state index contributed by atoms with van der Waals surface area (Å²) in [5.74, 6) is -0.436. The predicted molar refractivity (Wildman–Crippen MR) is 80.5 cm³/mol. The lowest BCUT2D eigenvalue weighted by atomic mass is 10.0. The molecule has 0 spiro atoms. The van der Waals surface area contributed by atoms with Gasteiger partial charge in [0, 0.05) is 23.7 Å². The summed E-state index contributed by atoms with van der Waals surface area (Å²) in [4.78, 5) is 18.5. The molecule has 104 valence electrons. The molecule has 21 heavy (non-hydrogen) atoms. The zero-order chi connectivity index (χ0) is 14.6. The minimum absolute atomic E-state index is 0.436. The maximum atomic E-state index is 11.3. The summed E-state index contributed by atoms with van der Waals surface area (Å²) in [5.41, 5.74) is 6.47. The summed E-state index contributed by atoms with van der Waals surface area (Å²) in [5, 5.41) is 0. The van der Waals surface area contributed by atoms with Crippen molar-refractivity contribution in [1.29, 1.82) is 0 Å². The molecular weight excluding hydrogens is 266 g/mol. The summed E-state index contributed by atoms with van der Waals surface area (Å²) < 4.78 is 7.11. The van der Waals surface area contributed by atoms with Gasteiger partial charge in [0.25, 0.3) is 0 Å². The van der Waals surface area contributed by atoms with E-state index in [1.54, 1.807) is 6.07 Å². The zero-order valence-corrected chi connectivity index (χ0v) is 11.7. The fourth-order valence-corrected chi connectivity index (χ4v) is 2.73. The van der Waals surface area contributed by atoms with Gasteiger partial charge in [0.15, 0.2) is 5.58 Å². The Hall–Kier alpha value is -2.82.